The van der Waals surface area contributed by atoms with Crippen molar-refractivity contribution in [1.82, 2.24) is 15.1 Å². The Balaban J connectivity index is 1.64. The number of nitrogens with zero attached hydrogens (tertiary/aromatic N) is 3. The van der Waals surface area contributed by atoms with Crippen LogP contribution in [-0.2, 0) is 6.54 Å². The molecule has 0 saturated carbocycles. The molecule has 0 aliphatic carbocycles. The molecule has 3 rings (SSSR count). The molecule has 1 saturated heterocycles. The Morgan fingerprint density at radius 1 is 1.19 bits per heavy atom. The monoisotopic (exact) mass is 376 g/mol. The Morgan fingerprint density at radius 3 is 2.59 bits per heavy atom. The van der Waals surface area contributed by atoms with Gasteiger partial charge in [0.25, 0.3) is 5.91 Å². The Morgan fingerprint density at radius 2 is 1.93 bits per heavy atom. The second-order valence-electron chi connectivity index (χ2n) is 6.16. The molecule has 1 fully saturated rings. The summed E-state index contributed by atoms with van der Waals surface area (Å²) < 4.78 is 32.3. The molecule has 8 heteroatoms. The summed E-state index contributed by atoms with van der Waals surface area (Å²) in [5.41, 5.74) is 0.206. The van der Waals surface area contributed by atoms with E-state index in [2.05, 4.69) is 10.3 Å². The first-order chi connectivity index (χ1) is 13.1. The highest BCUT2D eigenvalue weighted by atomic mass is 19.1. The number of carbonyl (C=O) groups is 1. The first-order valence-corrected chi connectivity index (χ1v) is 8.88. The molecule has 144 valence electrons. The van der Waals surface area contributed by atoms with Crippen LogP contribution in [0.1, 0.15) is 23.0 Å². The zero-order chi connectivity index (χ0) is 19.2. The molecule has 6 nitrogen and oxygen atoms in total. The van der Waals surface area contributed by atoms with Gasteiger partial charge in [-0.3, -0.25) is 4.79 Å². The lowest BCUT2D eigenvalue weighted by molar-refractivity contribution is 0.0657. The number of rotatable bonds is 4. The summed E-state index contributed by atoms with van der Waals surface area (Å²) in [6, 6.07) is 6.68. The van der Waals surface area contributed by atoms with Crippen LogP contribution in [0.25, 0.3) is 0 Å². The highest BCUT2D eigenvalue weighted by molar-refractivity contribution is 5.91. The van der Waals surface area contributed by atoms with Crippen molar-refractivity contribution >= 4 is 11.9 Å². The smallest absolute Gasteiger partial charge is 0.289 e. The fraction of sp³-hybridized carbons (Fsp3) is 0.368. The number of carbonyl (C=O) groups excluding carboxylic acids is 1. The summed E-state index contributed by atoms with van der Waals surface area (Å²) in [6.45, 7) is 4.85. The summed E-state index contributed by atoms with van der Waals surface area (Å²) >= 11 is 0. The molecule has 1 aromatic heterocycles. The highest BCUT2D eigenvalue weighted by Gasteiger charge is 2.25. The van der Waals surface area contributed by atoms with E-state index in [0.29, 0.717) is 44.4 Å². The van der Waals surface area contributed by atoms with Gasteiger partial charge in [0.05, 0.1) is 12.8 Å². The number of hydrogen-bond donors (Lipinski definition) is 1. The van der Waals surface area contributed by atoms with E-state index in [1.165, 1.54) is 6.26 Å². The van der Waals surface area contributed by atoms with Gasteiger partial charge in [0.2, 0.25) is 0 Å². The molecule has 2 heterocycles. The normalized spacial score (nSPS) is 15.1. The van der Waals surface area contributed by atoms with Crippen molar-refractivity contribution in [3.63, 3.8) is 0 Å². The van der Waals surface area contributed by atoms with Gasteiger partial charge in [-0.1, -0.05) is 0 Å². The Bertz CT molecular complexity index is 800. The number of benzene rings is 1. The molecule has 27 heavy (non-hydrogen) atoms. The number of piperazine rings is 1. The number of nitrogens with one attached hydrogen (secondary N) is 1. The maximum Gasteiger partial charge on any atom is 0.289 e. The highest BCUT2D eigenvalue weighted by Crippen LogP contribution is 2.12. The zero-order valence-corrected chi connectivity index (χ0v) is 15.1. The number of amides is 1. The molecule has 0 spiro atoms. The van der Waals surface area contributed by atoms with Crippen LogP contribution in [0.5, 0.6) is 0 Å². The fourth-order valence-electron chi connectivity index (χ4n) is 2.93. The van der Waals surface area contributed by atoms with Gasteiger partial charge >= 0.3 is 0 Å². The molecule has 1 aliphatic heterocycles. The minimum atomic E-state index is -0.489. The van der Waals surface area contributed by atoms with Crippen molar-refractivity contribution in [2.24, 2.45) is 4.99 Å². The molecule has 0 radical (unpaired) electrons. The standard InChI is InChI=1S/C19H22F2N4O2/c1-2-22-19(23-13-14-12-15(20)5-6-16(14)21)25-9-7-24(8-10-25)18(26)17-4-3-11-27-17/h3-6,11-12H,2,7-10,13H2,1H3,(H,22,23). The quantitative estimate of drug-likeness (QED) is 0.658. The molecular weight excluding hydrogens is 354 g/mol. The summed E-state index contributed by atoms with van der Waals surface area (Å²) in [5, 5.41) is 3.17. The average Bonchev–Trinajstić information content (AvgIpc) is 3.22. The number of guanidine groups is 1. The minimum Gasteiger partial charge on any atom is -0.459 e. The van der Waals surface area contributed by atoms with Crippen LogP contribution in [-0.4, -0.2) is 54.4 Å². The van der Waals surface area contributed by atoms with Crippen LogP contribution in [0.3, 0.4) is 0 Å². The van der Waals surface area contributed by atoms with Crippen LogP contribution >= 0.6 is 0 Å². The van der Waals surface area contributed by atoms with Crippen molar-refractivity contribution in [3.8, 4) is 0 Å². The van der Waals surface area contributed by atoms with E-state index in [9.17, 15) is 13.6 Å². The minimum absolute atomic E-state index is 0.0392. The lowest BCUT2D eigenvalue weighted by Crippen LogP contribution is -2.53. The Hall–Kier alpha value is -2.90. The molecule has 1 N–H and O–H groups in total. The predicted octanol–water partition coefficient (Wildman–Crippen LogP) is 2.48. The van der Waals surface area contributed by atoms with E-state index >= 15 is 0 Å². The van der Waals surface area contributed by atoms with Gasteiger partial charge in [-0.05, 0) is 37.3 Å². The van der Waals surface area contributed by atoms with Gasteiger partial charge in [0.1, 0.15) is 11.6 Å². The predicted molar refractivity (Wildman–Crippen MR) is 97.4 cm³/mol. The number of halogens is 2. The van der Waals surface area contributed by atoms with Gasteiger partial charge in [0, 0.05) is 38.3 Å². The van der Waals surface area contributed by atoms with E-state index in [1.54, 1.807) is 17.0 Å². The molecule has 2 aromatic rings. The second-order valence-corrected chi connectivity index (χ2v) is 6.16. The van der Waals surface area contributed by atoms with Gasteiger partial charge in [-0.2, -0.15) is 0 Å². The van der Waals surface area contributed by atoms with Crippen molar-refractivity contribution in [1.29, 1.82) is 0 Å². The second kappa shape index (κ2) is 8.66. The fourth-order valence-corrected chi connectivity index (χ4v) is 2.93. The average molecular weight is 376 g/mol. The van der Waals surface area contributed by atoms with E-state index in [-0.39, 0.29) is 18.0 Å². The molecule has 1 aromatic carbocycles. The van der Waals surface area contributed by atoms with Gasteiger partial charge < -0.3 is 19.5 Å². The maximum atomic E-state index is 13.8. The largest absolute Gasteiger partial charge is 0.459 e. The van der Waals surface area contributed by atoms with Crippen molar-refractivity contribution in [2.75, 3.05) is 32.7 Å². The molecule has 0 bridgehead atoms. The number of furan rings is 1. The molecular formula is C19H22F2N4O2. The van der Waals surface area contributed by atoms with Crippen LogP contribution in [0, 0.1) is 11.6 Å². The molecule has 0 atom stereocenters. The molecule has 1 amide bonds. The third kappa shape index (κ3) is 4.64. The summed E-state index contributed by atoms with van der Waals surface area (Å²) in [7, 11) is 0. The molecule has 0 unspecified atom stereocenters. The van der Waals surface area contributed by atoms with Crippen LogP contribution in [0.15, 0.2) is 46.0 Å². The summed E-state index contributed by atoms with van der Waals surface area (Å²) in [4.78, 5) is 20.5. The lowest BCUT2D eigenvalue weighted by atomic mass is 10.2. The van der Waals surface area contributed by atoms with Crippen molar-refractivity contribution < 1.29 is 18.0 Å². The topological polar surface area (TPSA) is 61.1 Å². The van der Waals surface area contributed by atoms with Crippen LogP contribution in [0.4, 0.5) is 8.78 Å². The third-order valence-electron chi connectivity index (χ3n) is 4.34. The van der Waals surface area contributed by atoms with Gasteiger partial charge in [-0.25, -0.2) is 13.8 Å². The number of aliphatic imine (C=N–C) groups is 1. The van der Waals surface area contributed by atoms with E-state index in [1.807, 2.05) is 11.8 Å². The van der Waals surface area contributed by atoms with Crippen molar-refractivity contribution in [3.05, 3.63) is 59.6 Å². The van der Waals surface area contributed by atoms with Gasteiger partial charge in [-0.15, -0.1) is 0 Å². The maximum absolute atomic E-state index is 13.8. The Labute approximate surface area is 156 Å². The van der Waals surface area contributed by atoms with E-state index < -0.39 is 11.6 Å². The van der Waals surface area contributed by atoms with Crippen LogP contribution in [0.2, 0.25) is 0 Å². The first-order valence-electron chi connectivity index (χ1n) is 8.88. The van der Waals surface area contributed by atoms with E-state index in [4.69, 9.17) is 4.42 Å². The van der Waals surface area contributed by atoms with Gasteiger partial charge in [0.15, 0.2) is 11.7 Å². The third-order valence-corrected chi connectivity index (χ3v) is 4.34. The first kappa shape index (κ1) is 18.9. The molecule has 1 aliphatic rings. The Kier molecular flexibility index (Phi) is 6.05. The lowest BCUT2D eigenvalue weighted by Gasteiger charge is -2.36. The van der Waals surface area contributed by atoms with Crippen molar-refractivity contribution in [2.45, 2.75) is 13.5 Å². The summed E-state index contributed by atoms with van der Waals surface area (Å²) in [5.74, 6) is -0.165. The summed E-state index contributed by atoms with van der Waals surface area (Å²) in [6.07, 6.45) is 1.48. The van der Waals surface area contributed by atoms with Crippen LogP contribution < -0.4 is 5.32 Å². The zero-order valence-electron chi connectivity index (χ0n) is 15.1. The SMILES string of the molecule is CCNC(=NCc1cc(F)ccc1F)N1CCN(C(=O)c2ccco2)CC1. The number of hydrogen-bond acceptors (Lipinski definition) is 3. The van der Waals surface area contributed by atoms with E-state index in [0.717, 1.165) is 18.2 Å².